The Morgan fingerprint density at radius 1 is 1.65 bits per heavy atom. The van der Waals surface area contributed by atoms with Gasteiger partial charge in [-0.1, -0.05) is 0 Å². The molecule has 1 rings (SSSR count). The van der Waals surface area contributed by atoms with Crippen molar-refractivity contribution in [1.29, 1.82) is 5.26 Å². The highest BCUT2D eigenvalue weighted by atomic mass is 19.3. The summed E-state index contributed by atoms with van der Waals surface area (Å²) in [5.74, 6) is -1.37. The molecule has 9 heteroatoms. The van der Waals surface area contributed by atoms with Gasteiger partial charge in [0.15, 0.2) is 0 Å². The Morgan fingerprint density at radius 3 is 2.59 bits per heavy atom. The van der Waals surface area contributed by atoms with E-state index in [1.165, 1.54) is 6.07 Å². The SMILES string of the molecule is N#Cc1c([N+](=O)[O-])cnc(C(F)F)c1C(N)=O. The number of halogens is 2. The van der Waals surface area contributed by atoms with Crippen LogP contribution in [0.3, 0.4) is 0 Å². The lowest BCUT2D eigenvalue weighted by Crippen LogP contribution is -2.18. The maximum absolute atomic E-state index is 12.5. The molecule has 0 spiro atoms. The Morgan fingerprint density at radius 2 is 2.24 bits per heavy atom. The number of rotatable bonds is 3. The Balaban J connectivity index is 3.69. The molecule has 1 heterocycles. The molecular weight excluding hydrogens is 238 g/mol. The van der Waals surface area contributed by atoms with Crippen molar-refractivity contribution >= 4 is 11.6 Å². The summed E-state index contributed by atoms with van der Waals surface area (Å²) in [5, 5.41) is 19.2. The van der Waals surface area contributed by atoms with Gasteiger partial charge in [0.1, 0.15) is 23.5 Å². The summed E-state index contributed by atoms with van der Waals surface area (Å²) in [7, 11) is 0. The molecule has 0 fully saturated rings. The van der Waals surface area contributed by atoms with Crippen LogP contribution in [0.15, 0.2) is 6.20 Å². The van der Waals surface area contributed by atoms with Gasteiger partial charge in [-0.2, -0.15) is 5.26 Å². The van der Waals surface area contributed by atoms with Crippen molar-refractivity contribution in [3.63, 3.8) is 0 Å². The quantitative estimate of drug-likeness (QED) is 0.622. The summed E-state index contributed by atoms with van der Waals surface area (Å²) in [5.41, 5.74) is 1.20. The van der Waals surface area contributed by atoms with E-state index in [4.69, 9.17) is 11.0 Å². The highest BCUT2D eigenvalue weighted by molar-refractivity contribution is 5.97. The third-order valence-corrected chi connectivity index (χ3v) is 1.85. The molecule has 1 aromatic heterocycles. The molecule has 0 atom stereocenters. The highest BCUT2D eigenvalue weighted by Crippen LogP contribution is 2.28. The van der Waals surface area contributed by atoms with E-state index in [0.29, 0.717) is 6.20 Å². The molecule has 0 saturated heterocycles. The van der Waals surface area contributed by atoms with Crippen LogP contribution < -0.4 is 5.73 Å². The van der Waals surface area contributed by atoms with Gasteiger partial charge in [-0.3, -0.25) is 14.9 Å². The van der Waals surface area contributed by atoms with E-state index < -0.39 is 39.8 Å². The van der Waals surface area contributed by atoms with Crippen LogP contribution in [0, 0.1) is 21.4 Å². The molecule has 0 aliphatic rings. The van der Waals surface area contributed by atoms with E-state index in [2.05, 4.69) is 4.98 Å². The lowest BCUT2D eigenvalue weighted by Gasteiger charge is -2.06. The molecule has 0 radical (unpaired) electrons. The van der Waals surface area contributed by atoms with Gasteiger partial charge in [0.05, 0.1) is 10.5 Å². The molecule has 1 aromatic rings. The van der Waals surface area contributed by atoms with E-state index >= 15 is 0 Å². The molecule has 2 N–H and O–H groups in total. The Bertz CT molecular complexity index is 538. The maximum Gasteiger partial charge on any atom is 0.306 e. The van der Waals surface area contributed by atoms with Crippen molar-refractivity contribution in [2.75, 3.05) is 0 Å². The number of amides is 1. The zero-order valence-electron chi connectivity index (χ0n) is 8.05. The number of primary amides is 1. The van der Waals surface area contributed by atoms with Crippen molar-refractivity contribution < 1.29 is 18.5 Å². The molecule has 0 aromatic carbocycles. The number of alkyl halides is 2. The molecule has 7 nitrogen and oxygen atoms in total. The second kappa shape index (κ2) is 4.48. The minimum atomic E-state index is -3.16. The molecule has 0 aliphatic carbocycles. The smallest absolute Gasteiger partial charge is 0.306 e. The van der Waals surface area contributed by atoms with E-state index in [1.54, 1.807) is 0 Å². The van der Waals surface area contributed by atoms with Gasteiger partial charge in [-0.15, -0.1) is 0 Å². The van der Waals surface area contributed by atoms with Gasteiger partial charge in [0, 0.05) is 0 Å². The molecule has 0 bridgehead atoms. The summed E-state index contributed by atoms with van der Waals surface area (Å²) < 4.78 is 25.0. The van der Waals surface area contributed by atoms with E-state index in [0.717, 1.165) is 0 Å². The van der Waals surface area contributed by atoms with Gasteiger partial charge < -0.3 is 5.73 Å². The summed E-state index contributed by atoms with van der Waals surface area (Å²) in [4.78, 5) is 23.5. The summed E-state index contributed by atoms with van der Waals surface area (Å²) in [6.45, 7) is 0. The van der Waals surface area contributed by atoms with Gasteiger partial charge >= 0.3 is 5.69 Å². The van der Waals surface area contributed by atoms with Crippen molar-refractivity contribution in [3.8, 4) is 6.07 Å². The number of nitrogens with zero attached hydrogens (tertiary/aromatic N) is 3. The second-order valence-electron chi connectivity index (χ2n) is 2.81. The first-order valence-electron chi connectivity index (χ1n) is 4.05. The van der Waals surface area contributed by atoms with E-state index in [1.807, 2.05) is 0 Å². The first kappa shape index (κ1) is 12.4. The molecule has 0 aliphatic heterocycles. The zero-order chi connectivity index (χ0) is 13.2. The van der Waals surface area contributed by atoms with Crippen LogP contribution in [0.1, 0.15) is 28.0 Å². The first-order chi connectivity index (χ1) is 7.90. The normalized spacial score (nSPS) is 10.0. The van der Waals surface area contributed by atoms with E-state index in [-0.39, 0.29) is 0 Å². The van der Waals surface area contributed by atoms with Crippen LogP contribution in [0.5, 0.6) is 0 Å². The maximum atomic E-state index is 12.5. The standard InChI is InChI=1S/C8H4F2N4O3/c9-7(10)6-5(8(12)15)3(1-11)4(2-13-6)14(16)17/h2,7H,(H2,12,15). The number of hydrogen-bond acceptors (Lipinski definition) is 5. The van der Waals surface area contributed by atoms with Gasteiger partial charge in [0.25, 0.3) is 12.3 Å². The van der Waals surface area contributed by atoms with Crippen molar-refractivity contribution in [3.05, 3.63) is 33.1 Å². The summed E-state index contributed by atoms with van der Waals surface area (Å²) >= 11 is 0. The van der Waals surface area contributed by atoms with Crippen molar-refractivity contribution in [1.82, 2.24) is 4.98 Å². The third kappa shape index (κ3) is 2.15. The minimum absolute atomic E-state index is 0.493. The summed E-state index contributed by atoms with van der Waals surface area (Å²) in [6, 6.07) is 1.31. The van der Waals surface area contributed by atoms with Gasteiger partial charge in [-0.25, -0.2) is 13.8 Å². The van der Waals surface area contributed by atoms with Crippen LogP contribution >= 0.6 is 0 Å². The fourth-order valence-electron chi connectivity index (χ4n) is 1.18. The van der Waals surface area contributed by atoms with Gasteiger partial charge in [0.2, 0.25) is 0 Å². The Labute approximate surface area is 92.6 Å². The fourth-order valence-corrected chi connectivity index (χ4v) is 1.18. The number of nitriles is 1. The lowest BCUT2D eigenvalue weighted by atomic mass is 10.1. The number of pyridine rings is 1. The molecule has 0 unspecified atom stereocenters. The second-order valence-corrected chi connectivity index (χ2v) is 2.81. The predicted molar refractivity (Wildman–Crippen MR) is 49.1 cm³/mol. The van der Waals surface area contributed by atoms with Crippen LogP contribution in [0.2, 0.25) is 0 Å². The number of aromatic nitrogens is 1. The minimum Gasteiger partial charge on any atom is -0.365 e. The average molecular weight is 242 g/mol. The molecular formula is C8H4F2N4O3. The van der Waals surface area contributed by atoms with Crippen LogP contribution in [-0.2, 0) is 0 Å². The predicted octanol–water partition coefficient (Wildman–Crippen LogP) is 0.898. The van der Waals surface area contributed by atoms with E-state index in [9.17, 15) is 23.7 Å². The number of nitro groups is 1. The molecule has 1 amide bonds. The van der Waals surface area contributed by atoms with Crippen LogP contribution in [0.25, 0.3) is 0 Å². The largest absolute Gasteiger partial charge is 0.365 e. The Kier molecular flexibility index (Phi) is 3.28. The highest BCUT2D eigenvalue weighted by Gasteiger charge is 2.28. The van der Waals surface area contributed by atoms with Crippen LogP contribution in [-0.4, -0.2) is 15.8 Å². The molecule has 88 valence electrons. The molecule has 0 saturated carbocycles. The van der Waals surface area contributed by atoms with Crippen molar-refractivity contribution in [2.45, 2.75) is 6.43 Å². The number of carbonyl (C=O) groups excluding carboxylic acids is 1. The fraction of sp³-hybridized carbons (Fsp3) is 0.125. The number of carbonyl (C=O) groups is 1. The number of nitrogens with two attached hydrogens (primary N) is 1. The zero-order valence-corrected chi connectivity index (χ0v) is 8.05. The van der Waals surface area contributed by atoms with Crippen LogP contribution in [0.4, 0.5) is 14.5 Å². The first-order valence-corrected chi connectivity index (χ1v) is 4.05. The molecule has 17 heavy (non-hydrogen) atoms. The lowest BCUT2D eigenvalue weighted by molar-refractivity contribution is -0.385. The third-order valence-electron chi connectivity index (χ3n) is 1.85. The number of hydrogen-bond donors (Lipinski definition) is 1. The van der Waals surface area contributed by atoms with Crippen molar-refractivity contribution in [2.24, 2.45) is 5.73 Å². The monoisotopic (exact) mass is 242 g/mol. The average Bonchev–Trinajstić information content (AvgIpc) is 2.26. The Hall–Kier alpha value is -2.63. The summed E-state index contributed by atoms with van der Waals surface area (Å²) in [6.07, 6.45) is -2.67. The topological polar surface area (TPSA) is 123 Å². The van der Waals surface area contributed by atoms with Gasteiger partial charge in [-0.05, 0) is 0 Å².